The van der Waals surface area contributed by atoms with E-state index in [9.17, 15) is 0 Å². The Morgan fingerprint density at radius 2 is 2.06 bits per heavy atom. The molecule has 0 aliphatic carbocycles. The molecular formula is C14H19N3O. The minimum absolute atomic E-state index is 0.0874. The summed E-state index contributed by atoms with van der Waals surface area (Å²) >= 11 is 0. The minimum Gasteiger partial charge on any atom is -0.395 e. The topological polar surface area (TPSA) is 50.1 Å². The van der Waals surface area contributed by atoms with Gasteiger partial charge in [0.05, 0.1) is 18.5 Å². The molecule has 0 amide bonds. The lowest BCUT2D eigenvalue weighted by molar-refractivity contribution is 0.250. The van der Waals surface area contributed by atoms with Gasteiger partial charge in [0.2, 0.25) is 0 Å². The fourth-order valence-corrected chi connectivity index (χ4v) is 1.89. The van der Waals surface area contributed by atoms with Crippen LogP contribution in [0.1, 0.15) is 18.4 Å². The molecule has 0 aliphatic heterocycles. The average molecular weight is 245 g/mol. The summed E-state index contributed by atoms with van der Waals surface area (Å²) in [5.41, 5.74) is 2.21. The molecule has 0 aliphatic rings. The first-order valence-electron chi connectivity index (χ1n) is 6.15. The van der Waals surface area contributed by atoms with Crippen LogP contribution in [-0.4, -0.2) is 27.3 Å². The number of aryl methyl sites for hydroxylation is 1. The number of para-hydroxylation sites is 1. The SMILES string of the molecule is Cc1ncc(CN[C@H](C)CO)n1-c1ccccc1. The van der Waals surface area contributed by atoms with E-state index < -0.39 is 0 Å². The van der Waals surface area contributed by atoms with E-state index in [-0.39, 0.29) is 12.6 Å². The van der Waals surface area contributed by atoms with Crippen LogP contribution in [0.5, 0.6) is 0 Å². The number of nitrogens with zero attached hydrogens (tertiary/aromatic N) is 2. The van der Waals surface area contributed by atoms with Crippen LogP contribution in [0.25, 0.3) is 5.69 Å². The highest BCUT2D eigenvalue weighted by Gasteiger charge is 2.09. The summed E-state index contributed by atoms with van der Waals surface area (Å²) < 4.78 is 2.12. The molecule has 1 aromatic heterocycles. The fraction of sp³-hybridized carbons (Fsp3) is 0.357. The van der Waals surface area contributed by atoms with Gasteiger partial charge in [-0.1, -0.05) is 18.2 Å². The number of aliphatic hydroxyl groups is 1. The summed E-state index contributed by atoms with van der Waals surface area (Å²) in [4.78, 5) is 4.36. The molecule has 0 unspecified atom stereocenters. The lowest BCUT2D eigenvalue weighted by atomic mass is 10.3. The van der Waals surface area contributed by atoms with Gasteiger partial charge in [-0.3, -0.25) is 4.57 Å². The van der Waals surface area contributed by atoms with Crippen LogP contribution in [-0.2, 0) is 6.54 Å². The number of rotatable bonds is 5. The van der Waals surface area contributed by atoms with Gasteiger partial charge in [0.25, 0.3) is 0 Å². The zero-order valence-electron chi connectivity index (χ0n) is 10.8. The van der Waals surface area contributed by atoms with Crippen LogP contribution in [0.3, 0.4) is 0 Å². The number of benzene rings is 1. The van der Waals surface area contributed by atoms with Crippen LogP contribution in [0.15, 0.2) is 36.5 Å². The molecule has 1 aromatic carbocycles. The first-order chi connectivity index (χ1) is 8.72. The van der Waals surface area contributed by atoms with E-state index in [4.69, 9.17) is 5.11 Å². The predicted molar refractivity (Wildman–Crippen MR) is 71.7 cm³/mol. The zero-order chi connectivity index (χ0) is 13.0. The van der Waals surface area contributed by atoms with Gasteiger partial charge < -0.3 is 10.4 Å². The largest absolute Gasteiger partial charge is 0.395 e. The third kappa shape index (κ3) is 2.78. The molecule has 18 heavy (non-hydrogen) atoms. The average Bonchev–Trinajstić information content (AvgIpc) is 2.78. The number of hydrogen-bond acceptors (Lipinski definition) is 3. The molecule has 0 spiro atoms. The van der Waals surface area contributed by atoms with E-state index in [2.05, 4.69) is 27.0 Å². The predicted octanol–water partition coefficient (Wildman–Crippen LogP) is 1.65. The molecule has 0 fully saturated rings. The van der Waals surface area contributed by atoms with Crippen molar-refractivity contribution in [1.29, 1.82) is 0 Å². The standard InChI is InChI=1S/C14H19N3O/c1-11(10-18)15-8-14-9-16-12(2)17(14)13-6-4-3-5-7-13/h3-7,9,11,15,18H,8,10H2,1-2H3/t11-/m1/s1. The van der Waals surface area contributed by atoms with Crippen LogP contribution >= 0.6 is 0 Å². The van der Waals surface area contributed by atoms with Gasteiger partial charge in [-0.25, -0.2) is 4.98 Å². The molecule has 1 heterocycles. The van der Waals surface area contributed by atoms with Crippen LogP contribution in [0.4, 0.5) is 0 Å². The van der Waals surface area contributed by atoms with E-state index in [1.165, 1.54) is 0 Å². The van der Waals surface area contributed by atoms with E-state index in [0.29, 0.717) is 6.54 Å². The molecule has 0 saturated carbocycles. The van der Waals surface area contributed by atoms with Gasteiger partial charge in [-0.15, -0.1) is 0 Å². The third-order valence-electron chi connectivity index (χ3n) is 2.93. The van der Waals surface area contributed by atoms with E-state index in [0.717, 1.165) is 17.2 Å². The summed E-state index contributed by atoms with van der Waals surface area (Å²) in [5.74, 6) is 0.967. The lowest BCUT2D eigenvalue weighted by Crippen LogP contribution is -2.29. The monoisotopic (exact) mass is 245 g/mol. The Kier molecular flexibility index (Phi) is 4.12. The van der Waals surface area contributed by atoms with Gasteiger partial charge in [0.15, 0.2) is 0 Å². The van der Waals surface area contributed by atoms with Crippen molar-refractivity contribution in [2.75, 3.05) is 6.61 Å². The number of aromatic nitrogens is 2. The quantitative estimate of drug-likeness (QED) is 0.842. The number of hydrogen-bond donors (Lipinski definition) is 2. The number of imidazole rings is 1. The second kappa shape index (κ2) is 5.80. The molecule has 96 valence electrons. The van der Waals surface area contributed by atoms with Gasteiger partial charge in [-0.2, -0.15) is 0 Å². The van der Waals surface area contributed by atoms with Crippen molar-refractivity contribution >= 4 is 0 Å². The molecule has 1 atom stereocenters. The van der Waals surface area contributed by atoms with E-state index in [1.807, 2.05) is 38.2 Å². The summed E-state index contributed by atoms with van der Waals surface area (Å²) in [6.45, 7) is 4.78. The normalized spacial score (nSPS) is 12.6. The third-order valence-corrected chi connectivity index (χ3v) is 2.93. The molecule has 4 heteroatoms. The van der Waals surface area contributed by atoms with E-state index in [1.54, 1.807) is 0 Å². The molecule has 2 aromatic rings. The van der Waals surface area contributed by atoms with Crippen molar-refractivity contribution in [3.63, 3.8) is 0 Å². The molecule has 2 N–H and O–H groups in total. The molecule has 0 bridgehead atoms. The Morgan fingerprint density at radius 3 is 2.72 bits per heavy atom. The zero-order valence-corrected chi connectivity index (χ0v) is 10.8. The van der Waals surface area contributed by atoms with Crippen molar-refractivity contribution in [2.24, 2.45) is 0 Å². The van der Waals surface area contributed by atoms with Crippen molar-refractivity contribution in [1.82, 2.24) is 14.9 Å². The van der Waals surface area contributed by atoms with Crippen LogP contribution < -0.4 is 5.32 Å². The van der Waals surface area contributed by atoms with Crippen molar-refractivity contribution in [3.05, 3.63) is 48.0 Å². The highest BCUT2D eigenvalue weighted by molar-refractivity contribution is 5.35. The number of aliphatic hydroxyl groups excluding tert-OH is 1. The van der Waals surface area contributed by atoms with Crippen LogP contribution in [0, 0.1) is 6.92 Å². The lowest BCUT2D eigenvalue weighted by Gasteiger charge is -2.13. The van der Waals surface area contributed by atoms with Gasteiger partial charge >= 0.3 is 0 Å². The second-order valence-electron chi connectivity index (χ2n) is 4.43. The van der Waals surface area contributed by atoms with Crippen molar-refractivity contribution < 1.29 is 5.11 Å². The van der Waals surface area contributed by atoms with E-state index >= 15 is 0 Å². The Hall–Kier alpha value is -1.65. The Labute approximate surface area is 107 Å². The molecular weight excluding hydrogens is 226 g/mol. The number of nitrogens with one attached hydrogen (secondary N) is 1. The van der Waals surface area contributed by atoms with Gasteiger partial charge in [0, 0.05) is 18.3 Å². The maximum atomic E-state index is 9.02. The molecule has 4 nitrogen and oxygen atoms in total. The maximum Gasteiger partial charge on any atom is 0.110 e. The molecule has 0 saturated heterocycles. The maximum absolute atomic E-state index is 9.02. The summed E-state index contributed by atoms with van der Waals surface area (Å²) in [6, 6.07) is 10.2. The molecule has 0 radical (unpaired) electrons. The summed E-state index contributed by atoms with van der Waals surface area (Å²) in [6.07, 6.45) is 1.87. The molecule has 2 rings (SSSR count). The highest BCUT2D eigenvalue weighted by atomic mass is 16.3. The first kappa shape index (κ1) is 12.8. The smallest absolute Gasteiger partial charge is 0.110 e. The summed E-state index contributed by atoms with van der Waals surface area (Å²) in [7, 11) is 0. The Morgan fingerprint density at radius 1 is 1.33 bits per heavy atom. The van der Waals surface area contributed by atoms with Crippen LogP contribution in [0.2, 0.25) is 0 Å². The van der Waals surface area contributed by atoms with Crippen molar-refractivity contribution in [2.45, 2.75) is 26.4 Å². The van der Waals surface area contributed by atoms with Gasteiger partial charge in [-0.05, 0) is 26.0 Å². The summed E-state index contributed by atoms with van der Waals surface area (Å²) in [5, 5.41) is 12.3. The fourth-order valence-electron chi connectivity index (χ4n) is 1.89. The minimum atomic E-state index is 0.0874. The Bertz CT molecular complexity index is 493. The van der Waals surface area contributed by atoms with Gasteiger partial charge in [0.1, 0.15) is 5.82 Å². The van der Waals surface area contributed by atoms with Crippen molar-refractivity contribution in [3.8, 4) is 5.69 Å². The first-order valence-corrected chi connectivity index (χ1v) is 6.15. The highest BCUT2D eigenvalue weighted by Crippen LogP contribution is 2.14. The Balaban J connectivity index is 2.23. The second-order valence-corrected chi connectivity index (χ2v) is 4.43.